The first-order chi connectivity index (χ1) is 13.4. The van der Waals surface area contributed by atoms with E-state index in [0.717, 1.165) is 0 Å². The number of hydrogen-bond donors (Lipinski definition) is 1. The van der Waals surface area contributed by atoms with Crippen molar-refractivity contribution in [3.05, 3.63) is 48.0 Å². The maximum absolute atomic E-state index is 13.1. The second kappa shape index (κ2) is 8.12. The molecule has 2 aromatic rings. The molecule has 0 aromatic heterocycles. The quantitative estimate of drug-likeness (QED) is 0.846. The number of halogens is 2. The molecule has 0 saturated heterocycles. The summed E-state index contributed by atoms with van der Waals surface area (Å²) in [7, 11) is 2.76. The Morgan fingerprint density at radius 2 is 1.96 bits per heavy atom. The molecule has 0 aliphatic carbocycles. The molecule has 0 spiro atoms. The summed E-state index contributed by atoms with van der Waals surface area (Å²) in [6.07, 6.45) is -0.882. The van der Waals surface area contributed by atoms with Crippen LogP contribution in [-0.2, 0) is 4.79 Å². The van der Waals surface area contributed by atoms with Crippen LogP contribution >= 0.6 is 0 Å². The molecule has 0 saturated carbocycles. The Morgan fingerprint density at radius 3 is 2.64 bits per heavy atom. The van der Waals surface area contributed by atoms with Gasteiger partial charge in [-0.2, -0.15) is 8.78 Å². The average Bonchev–Trinajstić information content (AvgIpc) is 2.71. The van der Waals surface area contributed by atoms with Crippen LogP contribution in [-0.4, -0.2) is 45.2 Å². The van der Waals surface area contributed by atoms with Crippen LogP contribution in [0.3, 0.4) is 0 Å². The van der Waals surface area contributed by atoms with Crippen LogP contribution in [0.4, 0.5) is 14.5 Å². The van der Waals surface area contributed by atoms with Crippen molar-refractivity contribution in [2.45, 2.75) is 12.7 Å². The van der Waals surface area contributed by atoms with Crippen LogP contribution in [0.15, 0.2) is 42.5 Å². The highest BCUT2D eigenvalue weighted by Gasteiger charge is 2.34. The number of likely N-dealkylation sites (N-methyl/N-ethyl adjacent to an activating group) is 1. The maximum atomic E-state index is 13.1. The van der Waals surface area contributed by atoms with E-state index in [1.54, 1.807) is 24.3 Å². The second-order valence-corrected chi connectivity index (χ2v) is 5.85. The summed E-state index contributed by atoms with van der Waals surface area (Å²) in [5.74, 6) is -0.604. The first-order valence-electron chi connectivity index (χ1n) is 8.36. The minimum Gasteiger partial charge on any atom is -0.493 e. The minimum atomic E-state index is -3.02. The largest absolute Gasteiger partial charge is 0.493 e. The highest BCUT2D eigenvalue weighted by molar-refractivity contribution is 6.08. The van der Waals surface area contributed by atoms with Gasteiger partial charge in [0.2, 0.25) is 0 Å². The molecule has 7 nitrogen and oxygen atoms in total. The fourth-order valence-electron chi connectivity index (χ4n) is 2.87. The zero-order valence-corrected chi connectivity index (χ0v) is 15.1. The van der Waals surface area contributed by atoms with Gasteiger partial charge >= 0.3 is 6.61 Å². The molecule has 1 N–H and O–H groups in total. The summed E-state index contributed by atoms with van der Waals surface area (Å²) in [5.41, 5.74) is 0.686. The van der Waals surface area contributed by atoms with E-state index in [4.69, 9.17) is 9.47 Å². The number of nitrogens with one attached hydrogen (secondary N) is 1. The zero-order chi connectivity index (χ0) is 20.3. The third kappa shape index (κ3) is 3.83. The van der Waals surface area contributed by atoms with Crippen LogP contribution in [0.5, 0.6) is 17.2 Å². The molecule has 148 valence electrons. The normalized spacial score (nSPS) is 15.5. The second-order valence-electron chi connectivity index (χ2n) is 5.85. The van der Waals surface area contributed by atoms with Gasteiger partial charge in [-0.25, -0.2) is 0 Å². The van der Waals surface area contributed by atoms with Crippen molar-refractivity contribution in [1.82, 2.24) is 5.32 Å². The number of nitrogens with zero attached hydrogens (tertiary/aromatic N) is 1. The van der Waals surface area contributed by atoms with Crippen molar-refractivity contribution in [2.75, 3.05) is 25.6 Å². The number of anilines is 1. The van der Waals surface area contributed by atoms with Gasteiger partial charge in [-0.3, -0.25) is 9.59 Å². The van der Waals surface area contributed by atoms with Gasteiger partial charge < -0.3 is 24.4 Å². The number of amides is 2. The Kier molecular flexibility index (Phi) is 5.62. The van der Waals surface area contributed by atoms with Crippen LogP contribution in [0.1, 0.15) is 10.4 Å². The maximum Gasteiger partial charge on any atom is 0.387 e. The summed E-state index contributed by atoms with van der Waals surface area (Å²) in [6.45, 7) is -3.03. The lowest BCUT2D eigenvalue weighted by Gasteiger charge is -2.34. The van der Waals surface area contributed by atoms with Gasteiger partial charge in [0.25, 0.3) is 11.8 Å². The molecular formula is C19H18F2N2O5. The van der Waals surface area contributed by atoms with Gasteiger partial charge in [-0.05, 0) is 30.3 Å². The molecule has 0 unspecified atom stereocenters. The van der Waals surface area contributed by atoms with Gasteiger partial charge in [0.15, 0.2) is 17.6 Å². The fourth-order valence-corrected chi connectivity index (χ4v) is 2.87. The van der Waals surface area contributed by atoms with E-state index in [1.807, 2.05) is 0 Å². The standard InChI is InChI=1S/C19H18F2N2O5/c1-22-17(24)16-10-23(12-5-3-4-6-13(12)27-16)18(25)11-7-8-14(28-19(20)21)15(9-11)26-2/h3-9,16,19H,10H2,1-2H3,(H,22,24)/t16-/m1/s1. The Hall–Kier alpha value is -3.36. The van der Waals surface area contributed by atoms with E-state index in [9.17, 15) is 18.4 Å². The number of methoxy groups -OCH3 is 1. The molecule has 2 amide bonds. The number of rotatable bonds is 5. The molecule has 1 atom stereocenters. The van der Waals surface area contributed by atoms with Crippen molar-refractivity contribution >= 4 is 17.5 Å². The highest BCUT2D eigenvalue weighted by atomic mass is 19.3. The minimum absolute atomic E-state index is 0.00412. The molecule has 0 radical (unpaired) electrons. The number of carbonyl (C=O) groups is 2. The molecule has 9 heteroatoms. The summed E-state index contributed by atoms with van der Waals surface area (Å²) in [6, 6.07) is 10.7. The van der Waals surface area contributed by atoms with Gasteiger partial charge in [0, 0.05) is 12.6 Å². The summed E-state index contributed by atoms with van der Waals surface area (Å²) >= 11 is 0. The molecule has 1 heterocycles. The third-order valence-corrected chi connectivity index (χ3v) is 4.18. The Bertz CT molecular complexity index is 890. The number of ether oxygens (including phenoxy) is 3. The number of para-hydroxylation sites is 2. The summed E-state index contributed by atoms with van der Waals surface area (Å²) < 4.78 is 40.1. The lowest BCUT2D eigenvalue weighted by atomic mass is 10.1. The number of carbonyl (C=O) groups excluding carboxylic acids is 2. The van der Waals surface area contributed by atoms with Gasteiger partial charge in [0.1, 0.15) is 5.75 Å². The van der Waals surface area contributed by atoms with E-state index in [1.165, 1.54) is 37.3 Å². The lowest BCUT2D eigenvalue weighted by molar-refractivity contribution is -0.127. The monoisotopic (exact) mass is 392 g/mol. The Labute approximate surface area is 159 Å². The van der Waals surface area contributed by atoms with Gasteiger partial charge in [-0.15, -0.1) is 0 Å². The lowest BCUT2D eigenvalue weighted by Crippen LogP contribution is -2.50. The molecule has 1 aliphatic rings. The molecule has 3 rings (SSSR count). The van der Waals surface area contributed by atoms with Crippen molar-refractivity contribution in [3.8, 4) is 17.2 Å². The Morgan fingerprint density at radius 1 is 1.21 bits per heavy atom. The number of benzene rings is 2. The van der Waals surface area contributed by atoms with Crippen molar-refractivity contribution in [3.63, 3.8) is 0 Å². The summed E-state index contributed by atoms with van der Waals surface area (Å²) in [5, 5.41) is 2.50. The van der Waals surface area contributed by atoms with Crippen molar-refractivity contribution in [1.29, 1.82) is 0 Å². The molecular weight excluding hydrogens is 374 g/mol. The molecule has 2 aromatic carbocycles. The smallest absolute Gasteiger partial charge is 0.387 e. The predicted octanol–water partition coefficient (Wildman–Crippen LogP) is 2.45. The first kappa shape index (κ1) is 19.4. The molecule has 28 heavy (non-hydrogen) atoms. The van der Waals surface area contributed by atoms with Crippen molar-refractivity contribution < 1.29 is 32.6 Å². The SMILES string of the molecule is CNC(=O)[C@H]1CN(C(=O)c2ccc(OC(F)F)c(OC)c2)c2ccccc2O1. The summed E-state index contributed by atoms with van der Waals surface area (Å²) in [4.78, 5) is 26.6. The fraction of sp³-hybridized carbons (Fsp3) is 0.263. The van der Waals surface area contributed by atoms with E-state index < -0.39 is 18.6 Å². The topological polar surface area (TPSA) is 77.1 Å². The van der Waals surface area contributed by atoms with Crippen molar-refractivity contribution in [2.24, 2.45) is 0 Å². The van der Waals surface area contributed by atoms with E-state index >= 15 is 0 Å². The number of fused-ring (bicyclic) bond motifs is 1. The van der Waals surface area contributed by atoms with Gasteiger partial charge in [0.05, 0.1) is 19.3 Å². The number of alkyl halides is 2. The van der Waals surface area contributed by atoms with Crippen LogP contribution in [0, 0.1) is 0 Å². The van der Waals surface area contributed by atoms with E-state index in [-0.39, 0.29) is 29.5 Å². The van der Waals surface area contributed by atoms with E-state index in [0.29, 0.717) is 11.4 Å². The van der Waals surface area contributed by atoms with Crippen LogP contribution < -0.4 is 24.4 Å². The predicted molar refractivity (Wildman–Crippen MR) is 96.2 cm³/mol. The zero-order valence-electron chi connectivity index (χ0n) is 15.1. The van der Waals surface area contributed by atoms with Crippen LogP contribution in [0.25, 0.3) is 0 Å². The van der Waals surface area contributed by atoms with Gasteiger partial charge in [-0.1, -0.05) is 12.1 Å². The highest BCUT2D eigenvalue weighted by Crippen LogP contribution is 2.35. The molecule has 1 aliphatic heterocycles. The number of hydrogen-bond acceptors (Lipinski definition) is 5. The third-order valence-electron chi connectivity index (χ3n) is 4.18. The van der Waals surface area contributed by atoms with Crippen LogP contribution in [0.2, 0.25) is 0 Å². The first-order valence-corrected chi connectivity index (χ1v) is 8.36. The average molecular weight is 392 g/mol. The molecule has 0 fully saturated rings. The molecule has 0 bridgehead atoms. The van der Waals surface area contributed by atoms with E-state index in [2.05, 4.69) is 10.1 Å². The Balaban J connectivity index is 1.95.